The summed E-state index contributed by atoms with van der Waals surface area (Å²) in [7, 11) is 1.79. The molecule has 8 heteroatoms. The molecule has 8 nitrogen and oxygen atoms in total. The first-order valence-electron chi connectivity index (χ1n) is 8.53. The van der Waals surface area contributed by atoms with Crippen LogP contribution in [0.2, 0.25) is 0 Å². The summed E-state index contributed by atoms with van der Waals surface area (Å²) in [5.74, 6) is 0.558. The van der Waals surface area contributed by atoms with Crippen molar-refractivity contribution in [3.63, 3.8) is 0 Å². The number of nitrogens with one attached hydrogen (secondary N) is 1. The highest BCUT2D eigenvalue weighted by Gasteiger charge is 2.14. The van der Waals surface area contributed by atoms with Crippen LogP contribution in [0, 0.1) is 0 Å². The number of amides is 1. The predicted molar refractivity (Wildman–Crippen MR) is 95.9 cm³/mol. The van der Waals surface area contributed by atoms with Crippen molar-refractivity contribution in [1.82, 2.24) is 20.0 Å². The van der Waals surface area contributed by atoms with Crippen LogP contribution in [0.1, 0.15) is 36.5 Å². The van der Waals surface area contributed by atoms with Crippen molar-refractivity contribution in [2.75, 3.05) is 11.9 Å². The average molecular weight is 355 g/mol. The minimum atomic E-state index is -0.347. The lowest BCUT2D eigenvalue weighted by molar-refractivity contribution is 0.102. The fourth-order valence-electron chi connectivity index (χ4n) is 2.34. The molecule has 1 aromatic carbocycles. The van der Waals surface area contributed by atoms with Gasteiger partial charge < -0.3 is 9.15 Å². The summed E-state index contributed by atoms with van der Waals surface area (Å²) >= 11 is 0. The molecule has 2 heterocycles. The third kappa shape index (κ3) is 4.47. The summed E-state index contributed by atoms with van der Waals surface area (Å²) in [4.78, 5) is 12.4. The Hall–Kier alpha value is -3.16. The van der Waals surface area contributed by atoms with Crippen molar-refractivity contribution in [2.45, 2.75) is 26.2 Å². The molecule has 1 N–H and O–H groups in total. The third-order valence-electron chi connectivity index (χ3n) is 3.69. The summed E-state index contributed by atoms with van der Waals surface area (Å²) in [5.41, 5.74) is 0.999. The van der Waals surface area contributed by atoms with Crippen molar-refractivity contribution in [2.24, 2.45) is 7.05 Å². The van der Waals surface area contributed by atoms with Crippen LogP contribution in [-0.2, 0) is 7.05 Å². The maximum atomic E-state index is 12.4. The fourth-order valence-corrected chi connectivity index (χ4v) is 2.34. The maximum absolute atomic E-state index is 12.4. The highest BCUT2D eigenvalue weighted by molar-refractivity contribution is 6.03. The van der Waals surface area contributed by atoms with Crippen molar-refractivity contribution < 1.29 is 13.9 Å². The second-order valence-corrected chi connectivity index (χ2v) is 5.82. The summed E-state index contributed by atoms with van der Waals surface area (Å²) < 4.78 is 12.7. The first-order chi connectivity index (χ1) is 12.7. The number of unbranched alkanes of at least 4 members (excludes halogenated alkanes) is 2. The van der Waals surface area contributed by atoms with E-state index in [1.807, 2.05) is 6.07 Å². The highest BCUT2D eigenvalue weighted by atomic mass is 16.5. The molecule has 0 radical (unpaired) electrons. The standard InChI is InChI=1S/C18H21N5O3/c1-3-4-5-11-25-14-8-6-7-13(12-14)16(24)19-18-21-20-17(26-18)15-9-10-23(2)22-15/h6-10,12H,3-5,11H2,1-2H3,(H,19,21,24). The fraction of sp³-hybridized carbons (Fsp3) is 0.333. The molecular weight excluding hydrogens is 334 g/mol. The SMILES string of the molecule is CCCCCOc1cccc(C(=O)Nc2nnc(-c3ccn(C)n3)o2)c1. The minimum absolute atomic E-state index is 0.0184. The number of benzene rings is 1. The lowest BCUT2D eigenvalue weighted by atomic mass is 10.2. The zero-order valence-corrected chi connectivity index (χ0v) is 14.8. The van der Waals surface area contributed by atoms with E-state index >= 15 is 0 Å². The Morgan fingerprint density at radius 2 is 2.15 bits per heavy atom. The maximum Gasteiger partial charge on any atom is 0.322 e. The van der Waals surface area contributed by atoms with E-state index < -0.39 is 0 Å². The van der Waals surface area contributed by atoms with Crippen LogP contribution in [-0.4, -0.2) is 32.5 Å². The average Bonchev–Trinajstić information content (AvgIpc) is 3.28. The largest absolute Gasteiger partial charge is 0.494 e. The molecule has 0 aliphatic rings. The Morgan fingerprint density at radius 3 is 2.92 bits per heavy atom. The van der Waals surface area contributed by atoms with E-state index in [4.69, 9.17) is 9.15 Å². The first kappa shape index (κ1) is 17.7. The van der Waals surface area contributed by atoms with Gasteiger partial charge in [0.05, 0.1) is 6.61 Å². The monoisotopic (exact) mass is 355 g/mol. The topological polar surface area (TPSA) is 95.1 Å². The minimum Gasteiger partial charge on any atom is -0.494 e. The quantitative estimate of drug-likeness (QED) is 0.623. The number of hydrogen-bond acceptors (Lipinski definition) is 6. The van der Waals surface area contributed by atoms with E-state index in [-0.39, 0.29) is 17.8 Å². The summed E-state index contributed by atoms with van der Waals surface area (Å²) in [6.45, 7) is 2.78. The second kappa shape index (κ2) is 8.28. The Kier molecular flexibility index (Phi) is 5.62. The molecule has 3 aromatic rings. The van der Waals surface area contributed by atoms with E-state index in [9.17, 15) is 4.79 Å². The van der Waals surface area contributed by atoms with Crippen molar-refractivity contribution >= 4 is 11.9 Å². The Labute approximate surface area is 151 Å². The van der Waals surface area contributed by atoms with Gasteiger partial charge in [0.25, 0.3) is 11.8 Å². The van der Waals surface area contributed by atoms with Gasteiger partial charge in [-0.15, -0.1) is 5.10 Å². The van der Waals surface area contributed by atoms with Gasteiger partial charge in [0.1, 0.15) is 11.4 Å². The van der Waals surface area contributed by atoms with Gasteiger partial charge in [0, 0.05) is 18.8 Å². The van der Waals surface area contributed by atoms with Crippen molar-refractivity contribution in [3.8, 4) is 17.3 Å². The molecule has 0 aliphatic carbocycles. The zero-order chi connectivity index (χ0) is 18.4. The van der Waals surface area contributed by atoms with E-state index in [0.29, 0.717) is 23.6 Å². The third-order valence-corrected chi connectivity index (χ3v) is 3.69. The Bertz CT molecular complexity index is 871. The predicted octanol–water partition coefficient (Wildman–Crippen LogP) is 3.29. The van der Waals surface area contributed by atoms with E-state index in [1.165, 1.54) is 0 Å². The smallest absolute Gasteiger partial charge is 0.322 e. The van der Waals surface area contributed by atoms with Crippen molar-refractivity contribution in [3.05, 3.63) is 42.1 Å². The van der Waals surface area contributed by atoms with Crippen LogP contribution in [0.3, 0.4) is 0 Å². The normalized spacial score (nSPS) is 10.7. The van der Waals surface area contributed by atoms with E-state index in [0.717, 1.165) is 19.3 Å². The molecule has 0 fully saturated rings. The second-order valence-electron chi connectivity index (χ2n) is 5.82. The molecule has 2 aromatic heterocycles. The number of ether oxygens (including phenoxy) is 1. The Morgan fingerprint density at radius 1 is 1.27 bits per heavy atom. The number of carbonyl (C=O) groups is 1. The molecule has 1 amide bonds. The van der Waals surface area contributed by atoms with Crippen LogP contribution in [0.15, 0.2) is 40.9 Å². The van der Waals surface area contributed by atoms with Gasteiger partial charge >= 0.3 is 6.01 Å². The number of aromatic nitrogens is 4. The van der Waals surface area contributed by atoms with Crippen LogP contribution >= 0.6 is 0 Å². The number of hydrogen-bond donors (Lipinski definition) is 1. The molecule has 3 rings (SSSR count). The molecule has 0 bridgehead atoms. The van der Waals surface area contributed by atoms with E-state index in [2.05, 4.69) is 27.5 Å². The van der Waals surface area contributed by atoms with Gasteiger partial charge in [-0.2, -0.15) is 5.10 Å². The van der Waals surface area contributed by atoms with Gasteiger partial charge in [0.15, 0.2) is 0 Å². The Balaban J connectivity index is 1.62. The van der Waals surface area contributed by atoms with Crippen LogP contribution in [0.4, 0.5) is 6.01 Å². The van der Waals surface area contributed by atoms with Crippen LogP contribution in [0.25, 0.3) is 11.6 Å². The molecule has 0 saturated heterocycles. The van der Waals surface area contributed by atoms with Gasteiger partial charge in [-0.25, -0.2) is 0 Å². The van der Waals surface area contributed by atoms with Crippen LogP contribution < -0.4 is 10.1 Å². The van der Waals surface area contributed by atoms with Gasteiger partial charge in [0.2, 0.25) is 0 Å². The van der Waals surface area contributed by atoms with Gasteiger partial charge in [-0.3, -0.25) is 14.8 Å². The molecule has 0 unspecified atom stereocenters. The number of rotatable bonds is 8. The van der Waals surface area contributed by atoms with Crippen LogP contribution in [0.5, 0.6) is 5.75 Å². The summed E-state index contributed by atoms with van der Waals surface area (Å²) in [6, 6.07) is 8.76. The number of aryl methyl sites for hydroxylation is 1. The summed E-state index contributed by atoms with van der Waals surface area (Å²) in [6.07, 6.45) is 5.02. The molecule has 0 atom stereocenters. The molecule has 26 heavy (non-hydrogen) atoms. The first-order valence-corrected chi connectivity index (χ1v) is 8.53. The number of anilines is 1. The summed E-state index contributed by atoms with van der Waals surface area (Å²) in [5, 5.41) is 14.5. The molecule has 136 valence electrons. The highest BCUT2D eigenvalue weighted by Crippen LogP contribution is 2.19. The molecular formula is C18H21N5O3. The molecule has 0 saturated carbocycles. The lowest BCUT2D eigenvalue weighted by Crippen LogP contribution is -2.12. The zero-order valence-electron chi connectivity index (χ0n) is 14.8. The number of carbonyl (C=O) groups excluding carboxylic acids is 1. The van der Waals surface area contributed by atoms with E-state index in [1.54, 1.807) is 42.2 Å². The molecule has 0 spiro atoms. The molecule has 0 aliphatic heterocycles. The van der Waals surface area contributed by atoms with Gasteiger partial charge in [-0.1, -0.05) is 30.9 Å². The number of nitrogens with zero attached hydrogens (tertiary/aromatic N) is 4. The van der Waals surface area contributed by atoms with Crippen molar-refractivity contribution in [1.29, 1.82) is 0 Å². The lowest BCUT2D eigenvalue weighted by Gasteiger charge is -2.07. The van der Waals surface area contributed by atoms with Gasteiger partial charge in [-0.05, 0) is 30.7 Å².